The van der Waals surface area contributed by atoms with Crippen molar-refractivity contribution in [3.8, 4) is 0 Å². The zero-order chi connectivity index (χ0) is 9.64. The summed E-state index contributed by atoms with van der Waals surface area (Å²) in [7, 11) is 0. The van der Waals surface area contributed by atoms with Crippen LogP contribution in [0.1, 0.15) is 11.3 Å². The van der Waals surface area contributed by atoms with Crippen LogP contribution in [-0.4, -0.2) is 4.98 Å². The molecule has 0 atom stereocenters. The van der Waals surface area contributed by atoms with E-state index < -0.39 is 11.7 Å². The summed E-state index contributed by atoms with van der Waals surface area (Å²) in [4.78, 5) is 2.60. The Balaban J connectivity index is 2.70. The van der Waals surface area contributed by atoms with Crippen LogP contribution in [0.3, 0.4) is 0 Å². The highest BCUT2D eigenvalue weighted by Gasteiger charge is 2.35. The van der Waals surface area contributed by atoms with E-state index in [1.165, 1.54) is 6.07 Å². The van der Waals surface area contributed by atoms with Crippen LogP contribution in [0.15, 0.2) is 16.7 Å². The van der Waals surface area contributed by atoms with Gasteiger partial charge in [0, 0.05) is 11.8 Å². The molecule has 70 valence electrons. The lowest BCUT2D eigenvalue weighted by Crippen LogP contribution is -2.03. The van der Waals surface area contributed by atoms with Crippen molar-refractivity contribution in [3.63, 3.8) is 0 Å². The summed E-state index contributed by atoms with van der Waals surface area (Å²) in [5, 5.41) is 0. The van der Waals surface area contributed by atoms with E-state index >= 15 is 0 Å². The fourth-order valence-corrected chi connectivity index (χ4v) is 1.25. The predicted molar refractivity (Wildman–Crippen MR) is 40.3 cm³/mol. The molecular formula is C8H6F3NO. The summed E-state index contributed by atoms with van der Waals surface area (Å²) in [5.41, 5.74) is 0.158. The van der Waals surface area contributed by atoms with E-state index in [0.717, 1.165) is 6.26 Å². The molecule has 2 aromatic rings. The lowest BCUT2D eigenvalue weighted by molar-refractivity contribution is -0.136. The van der Waals surface area contributed by atoms with E-state index in [-0.39, 0.29) is 11.1 Å². The molecule has 0 aliphatic carbocycles. The minimum absolute atomic E-state index is 0.0185. The molecular weight excluding hydrogens is 183 g/mol. The Morgan fingerprint density at radius 2 is 2.08 bits per heavy atom. The van der Waals surface area contributed by atoms with Crippen LogP contribution in [0, 0.1) is 6.92 Å². The molecule has 0 saturated heterocycles. The Morgan fingerprint density at radius 3 is 2.69 bits per heavy atom. The monoisotopic (exact) mass is 189 g/mol. The van der Waals surface area contributed by atoms with Gasteiger partial charge >= 0.3 is 6.18 Å². The van der Waals surface area contributed by atoms with E-state index in [9.17, 15) is 13.2 Å². The fourth-order valence-electron chi connectivity index (χ4n) is 1.25. The summed E-state index contributed by atoms with van der Waals surface area (Å²) in [6.45, 7) is 1.68. The molecule has 0 fully saturated rings. The van der Waals surface area contributed by atoms with Crippen molar-refractivity contribution in [2.24, 2.45) is 0 Å². The van der Waals surface area contributed by atoms with Gasteiger partial charge in [-0.2, -0.15) is 13.2 Å². The van der Waals surface area contributed by atoms with Crippen molar-refractivity contribution in [1.82, 2.24) is 4.98 Å². The highest BCUT2D eigenvalue weighted by atomic mass is 19.4. The second-order valence-corrected chi connectivity index (χ2v) is 2.84. The van der Waals surface area contributed by atoms with Gasteiger partial charge in [-0.25, -0.2) is 0 Å². The molecule has 0 bridgehead atoms. The number of hydrogen-bond donors (Lipinski definition) is 1. The fraction of sp³-hybridized carbons (Fsp3) is 0.250. The van der Waals surface area contributed by atoms with E-state index in [2.05, 4.69) is 4.98 Å². The maximum absolute atomic E-state index is 12.3. The van der Waals surface area contributed by atoms with Gasteiger partial charge in [-0.05, 0) is 6.92 Å². The minimum Gasteiger partial charge on any atom is -0.462 e. The Labute approximate surface area is 71.3 Å². The van der Waals surface area contributed by atoms with Crippen molar-refractivity contribution in [2.45, 2.75) is 13.1 Å². The van der Waals surface area contributed by atoms with Gasteiger partial charge in [-0.15, -0.1) is 0 Å². The van der Waals surface area contributed by atoms with E-state index in [4.69, 9.17) is 4.42 Å². The lowest BCUT2D eigenvalue weighted by atomic mass is 10.3. The van der Waals surface area contributed by atoms with E-state index in [1.54, 1.807) is 6.92 Å². The van der Waals surface area contributed by atoms with Gasteiger partial charge in [0.25, 0.3) is 0 Å². The number of aromatic amines is 1. The molecule has 2 nitrogen and oxygen atoms in total. The normalized spacial score (nSPS) is 12.6. The summed E-state index contributed by atoms with van der Waals surface area (Å²) < 4.78 is 41.6. The summed E-state index contributed by atoms with van der Waals surface area (Å²) in [5.74, 6) is 0. The standard InChI is InChI=1S/C8H6F3NO/c1-4-2-6-7(12-4)5(3-13-6)8(9,10)11/h2-3,12H,1H3. The molecule has 0 aliphatic heterocycles. The Morgan fingerprint density at radius 1 is 1.38 bits per heavy atom. The third-order valence-corrected chi connectivity index (χ3v) is 1.79. The maximum atomic E-state index is 12.3. The summed E-state index contributed by atoms with van der Waals surface area (Å²) in [6.07, 6.45) is -3.64. The predicted octanol–water partition coefficient (Wildman–Crippen LogP) is 3.09. The number of aromatic nitrogens is 1. The number of furan rings is 1. The van der Waals surface area contributed by atoms with E-state index in [1.807, 2.05) is 0 Å². The molecule has 0 amide bonds. The van der Waals surface area contributed by atoms with Crippen molar-refractivity contribution < 1.29 is 17.6 Å². The van der Waals surface area contributed by atoms with Gasteiger partial charge in [0.2, 0.25) is 0 Å². The Hall–Kier alpha value is -1.39. The highest BCUT2D eigenvalue weighted by molar-refractivity contribution is 5.78. The molecule has 0 radical (unpaired) electrons. The minimum atomic E-state index is -4.36. The molecule has 0 saturated carbocycles. The van der Waals surface area contributed by atoms with E-state index in [0.29, 0.717) is 5.69 Å². The first-order chi connectivity index (χ1) is 5.98. The largest absolute Gasteiger partial charge is 0.462 e. The van der Waals surface area contributed by atoms with Crippen LogP contribution in [0.5, 0.6) is 0 Å². The topological polar surface area (TPSA) is 28.9 Å². The molecule has 0 aromatic carbocycles. The number of nitrogens with one attached hydrogen (secondary N) is 1. The van der Waals surface area contributed by atoms with Crippen molar-refractivity contribution in [2.75, 3.05) is 0 Å². The summed E-state index contributed by atoms with van der Waals surface area (Å²) >= 11 is 0. The van der Waals surface area contributed by atoms with Crippen LogP contribution >= 0.6 is 0 Å². The smallest absolute Gasteiger partial charge is 0.421 e. The lowest BCUT2D eigenvalue weighted by Gasteiger charge is -2.00. The van der Waals surface area contributed by atoms with Crippen molar-refractivity contribution in [3.05, 3.63) is 23.6 Å². The van der Waals surface area contributed by atoms with Crippen LogP contribution in [0.2, 0.25) is 0 Å². The zero-order valence-corrected chi connectivity index (χ0v) is 6.70. The quantitative estimate of drug-likeness (QED) is 0.677. The van der Waals surface area contributed by atoms with Crippen LogP contribution in [0.4, 0.5) is 13.2 Å². The highest BCUT2D eigenvalue weighted by Crippen LogP contribution is 2.35. The number of fused-ring (bicyclic) bond motifs is 1. The van der Waals surface area contributed by atoms with Crippen molar-refractivity contribution >= 4 is 11.1 Å². The maximum Gasteiger partial charge on any atom is 0.421 e. The third kappa shape index (κ3) is 1.20. The van der Waals surface area contributed by atoms with Gasteiger partial charge < -0.3 is 9.40 Å². The number of rotatable bonds is 0. The number of aryl methyl sites for hydroxylation is 1. The molecule has 1 N–H and O–H groups in total. The second-order valence-electron chi connectivity index (χ2n) is 2.84. The molecule has 2 aromatic heterocycles. The molecule has 0 unspecified atom stereocenters. The average molecular weight is 189 g/mol. The first kappa shape index (κ1) is 8.22. The molecule has 2 heterocycles. The molecule has 0 spiro atoms. The molecule has 5 heteroatoms. The molecule has 13 heavy (non-hydrogen) atoms. The number of hydrogen-bond acceptors (Lipinski definition) is 1. The van der Waals surface area contributed by atoms with Gasteiger partial charge in [0.05, 0.1) is 5.52 Å². The number of alkyl halides is 3. The van der Waals surface area contributed by atoms with Gasteiger partial charge in [0.1, 0.15) is 11.8 Å². The average Bonchev–Trinajstić information content (AvgIpc) is 2.41. The Bertz CT molecular complexity index is 438. The molecule has 0 aliphatic rings. The third-order valence-electron chi connectivity index (χ3n) is 1.79. The van der Waals surface area contributed by atoms with Gasteiger partial charge in [-0.1, -0.05) is 0 Å². The molecule has 2 rings (SSSR count). The van der Waals surface area contributed by atoms with Crippen LogP contribution < -0.4 is 0 Å². The Kier molecular flexibility index (Phi) is 1.46. The first-order valence-electron chi connectivity index (χ1n) is 3.62. The SMILES string of the molecule is Cc1cc2occ(C(F)(F)F)c2[nH]1. The second kappa shape index (κ2) is 2.31. The van der Waals surface area contributed by atoms with Crippen LogP contribution in [0.25, 0.3) is 11.1 Å². The summed E-state index contributed by atoms with van der Waals surface area (Å²) in [6, 6.07) is 1.53. The number of H-pyrrole nitrogens is 1. The van der Waals surface area contributed by atoms with Gasteiger partial charge in [0.15, 0.2) is 5.58 Å². The van der Waals surface area contributed by atoms with Crippen molar-refractivity contribution in [1.29, 1.82) is 0 Å². The van der Waals surface area contributed by atoms with Gasteiger partial charge in [-0.3, -0.25) is 0 Å². The number of halogens is 3. The first-order valence-corrected chi connectivity index (χ1v) is 3.62. The zero-order valence-electron chi connectivity index (χ0n) is 6.70. The van der Waals surface area contributed by atoms with Crippen LogP contribution in [-0.2, 0) is 6.18 Å².